The van der Waals surface area contributed by atoms with Gasteiger partial charge in [0.1, 0.15) is 24.7 Å². The van der Waals surface area contributed by atoms with Crippen LogP contribution in [0.1, 0.15) is 20.8 Å². The largest absolute Gasteiger partial charge is 0.483 e. The van der Waals surface area contributed by atoms with E-state index in [0.717, 1.165) is 11.1 Å². The van der Waals surface area contributed by atoms with Gasteiger partial charge < -0.3 is 18.9 Å². The molecule has 7 heteroatoms. The molecule has 2 aromatic rings. The molecule has 0 saturated heterocycles. The molecule has 0 heterocycles. The number of hydrogen-bond acceptors (Lipinski definition) is 7. The Morgan fingerprint density at radius 2 is 1.15 bits per heavy atom. The van der Waals surface area contributed by atoms with Crippen molar-refractivity contribution in [3.05, 3.63) is 85.0 Å². The van der Waals surface area contributed by atoms with Crippen molar-refractivity contribution >= 4 is 17.8 Å². The second kappa shape index (κ2) is 12.2. The fourth-order valence-electron chi connectivity index (χ4n) is 2.54. The Kier molecular flexibility index (Phi) is 9.38. The zero-order valence-corrected chi connectivity index (χ0v) is 19.7. The third-order valence-corrected chi connectivity index (χ3v) is 4.45. The van der Waals surface area contributed by atoms with Crippen LogP contribution in [0.3, 0.4) is 0 Å². The molecular weight excluding hydrogens is 434 g/mol. The van der Waals surface area contributed by atoms with Gasteiger partial charge in [-0.05, 0) is 56.2 Å². The average molecular weight is 464 g/mol. The topological polar surface area (TPSA) is 94.9 Å². The Morgan fingerprint density at radius 3 is 1.53 bits per heavy atom. The van der Waals surface area contributed by atoms with Gasteiger partial charge in [0.25, 0.3) is 0 Å². The van der Waals surface area contributed by atoms with E-state index in [9.17, 15) is 9.59 Å². The standard InChI is InChI=1S/C27H29NO6/c1-17(2)25(28)34-23-13-9-21(10-14-23)20-7-11-22(12-8-20)33-24(15-31-26(29)18(3)4)16-32-27(30)19(5)6/h7-14,24,28H,1,3,5,15-16H2,2,4,6H3. The summed E-state index contributed by atoms with van der Waals surface area (Å²) in [6, 6.07) is 14.6. The Labute approximate surface area is 199 Å². The van der Waals surface area contributed by atoms with E-state index in [1.54, 1.807) is 45.0 Å². The maximum Gasteiger partial charge on any atom is 0.333 e. The fourth-order valence-corrected chi connectivity index (χ4v) is 2.54. The summed E-state index contributed by atoms with van der Waals surface area (Å²) in [5.74, 6) is -0.0248. The zero-order chi connectivity index (χ0) is 25.3. The van der Waals surface area contributed by atoms with Crippen molar-refractivity contribution in [3.8, 4) is 22.6 Å². The zero-order valence-electron chi connectivity index (χ0n) is 19.7. The van der Waals surface area contributed by atoms with E-state index in [2.05, 4.69) is 19.7 Å². The predicted molar refractivity (Wildman–Crippen MR) is 131 cm³/mol. The minimum atomic E-state index is -0.711. The smallest absolute Gasteiger partial charge is 0.333 e. The van der Waals surface area contributed by atoms with Gasteiger partial charge in [-0.2, -0.15) is 0 Å². The molecule has 0 saturated carbocycles. The van der Waals surface area contributed by atoms with Crippen molar-refractivity contribution in [2.45, 2.75) is 26.9 Å². The first-order valence-corrected chi connectivity index (χ1v) is 10.5. The van der Waals surface area contributed by atoms with E-state index in [-0.39, 0.29) is 30.3 Å². The third-order valence-electron chi connectivity index (χ3n) is 4.45. The molecule has 7 nitrogen and oxygen atoms in total. The Balaban J connectivity index is 2.06. The second-order valence-electron chi connectivity index (χ2n) is 7.76. The summed E-state index contributed by atoms with van der Waals surface area (Å²) >= 11 is 0. The average Bonchev–Trinajstić information content (AvgIpc) is 2.81. The fraction of sp³-hybridized carbons (Fsp3) is 0.222. The molecule has 0 radical (unpaired) electrons. The maximum absolute atomic E-state index is 11.7. The number of carbonyl (C=O) groups excluding carboxylic acids is 2. The van der Waals surface area contributed by atoms with Gasteiger partial charge in [0.15, 0.2) is 6.10 Å². The molecule has 0 unspecified atom stereocenters. The summed E-state index contributed by atoms with van der Waals surface area (Å²) in [7, 11) is 0. The molecule has 0 aliphatic heterocycles. The number of hydrogen-bond donors (Lipinski definition) is 1. The summed E-state index contributed by atoms with van der Waals surface area (Å²) in [6.07, 6.45) is -0.711. The molecule has 0 aliphatic rings. The van der Waals surface area contributed by atoms with E-state index in [1.807, 2.05) is 24.3 Å². The van der Waals surface area contributed by atoms with Crippen LogP contribution in [0.2, 0.25) is 0 Å². The predicted octanol–water partition coefficient (Wildman–Crippen LogP) is 5.27. The van der Waals surface area contributed by atoms with Crippen molar-refractivity contribution < 1.29 is 28.5 Å². The van der Waals surface area contributed by atoms with Crippen molar-refractivity contribution in [1.82, 2.24) is 0 Å². The van der Waals surface area contributed by atoms with Gasteiger partial charge in [-0.3, -0.25) is 5.41 Å². The van der Waals surface area contributed by atoms with Gasteiger partial charge in [-0.25, -0.2) is 9.59 Å². The van der Waals surface area contributed by atoms with E-state index >= 15 is 0 Å². The molecule has 1 N–H and O–H groups in total. The lowest BCUT2D eigenvalue weighted by Gasteiger charge is -2.19. The quantitative estimate of drug-likeness (QED) is 0.211. The second-order valence-corrected chi connectivity index (χ2v) is 7.76. The van der Waals surface area contributed by atoms with Crippen LogP contribution in [0.25, 0.3) is 11.1 Å². The summed E-state index contributed by atoms with van der Waals surface area (Å²) < 4.78 is 21.6. The van der Waals surface area contributed by atoms with Crippen molar-refractivity contribution in [3.63, 3.8) is 0 Å². The highest BCUT2D eigenvalue weighted by Crippen LogP contribution is 2.25. The molecule has 0 spiro atoms. The molecular formula is C27H29NO6. The van der Waals surface area contributed by atoms with Gasteiger partial charge >= 0.3 is 11.9 Å². The SMILES string of the molecule is C=C(C)C(=N)Oc1ccc(-c2ccc(OC(COC(=O)C(=C)C)COC(=O)C(=C)C)cc2)cc1. The van der Waals surface area contributed by atoms with Crippen LogP contribution in [0.5, 0.6) is 11.5 Å². The van der Waals surface area contributed by atoms with Gasteiger partial charge in [-0.1, -0.05) is 44.0 Å². The molecule has 0 atom stereocenters. The van der Waals surface area contributed by atoms with Gasteiger partial charge in [-0.15, -0.1) is 0 Å². The lowest BCUT2D eigenvalue weighted by atomic mass is 10.1. The number of benzene rings is 2. The summed E-state index contributed by atoms with van der Waals surface area (Å²) in [5.41, 5.74) is 2.95. The first-order valence-electron chi connectivity index (χ1n) is 10.5. The molecule has 34 heavy (non-hydrogen) atoms. The van der Waals surface area contributed by atoms with Crippen LogP contribution in [0.15, 0.2) is 85.0 Å². The summed E-state index contributed by atoms with van der Waals surface area (Å²) in [6.45, 7) is 15.3. The van der Waals surface area contributed by atoms with Crippen LogP contribution in [-0.2, 0) is 19.1 Å². The van der Waals surface area contributed by atoms with Crippen molar-refractivity contribution in [2.75, 3.05) is 13.2 Å². The first kappa shape index (κ1) is 26.1. The van der Waals surface area contributed by atoms with E-state index < -0.39 is 18.0 Å². The molecule has 0 aromatic heterocycles. The lowest BCUT2D eigenvalue weighted by molar-refractivity contribution is -0.146. The van der Waals surface area contributed by atoms with E-state index in [4.69, 9.17) is 24.4 Å². The molecule has 0 amide bonds. The maximum atomic E-state index is 11.7. The van der Waals surface area contributed by atoms with Crippen LogP contribution >= 0.6 is 0 Å². The highest BCUT2D eigenvalue weighted by Gasteiger charge is 2.17. The minimum Gasteiger partial charge on any atom is -0.483 e. The van der Waals surface area contributed by atoms with E-state index in [0.29, 0.717) is 17.1 Å². The number of carbonyl (C=O) groups is 2. The van der Waals surface area contributed by atoms with Crippen LogP contribution < -0.4 is 9.47 Å². The summed E-state index contributed by atoms with van der Waals surface area (Å²) in [4.78, 5) is 23.5. The highest BCUT2D eigenvalue weighted by atomic mass is 16.6. The first-order chi connectivity index (χ1) is 16.1. The van der Waals surface area contributed by atoms with Crippen molar-refractivity contribution in [1.29, 1.82) is 5.41 Å². The van der Waals surface area contributed by atoms with Gasteiger partial charge in [0, 0.05) is 16.7 Å². The lowest BCUT2D eigenvalue weighted by Crippen LogP contribution is -2.31. The molecule has 0 bridgehead atoms. The Hall–Kier alpha value is -4.13. The van der Waals surface area contributed by atoms with Crippen LogP contribution in [-0.4, -0.2) is 37.2 Å². The molecule has 178 valence electrons. The molecule has 2 rings (SSSR count). The Morgan fingerprint density at radius 1 is 0.735 bits per heavy atom. The number of rotatable bonds is 11. The highest BCUT2D eigenvalue weighted by molar-refractivity contribution is 5.91. The monoisotopic (exact) mass is 463 g/mol. The molecule has 0 fully saturated rings. The third kappa shape index (κ3) is 8.09. The van der Waals surface area contributed by atoms with E-state index in [1.165, 1.54) is 0 Å². The normalized spacial score (nSPS) is 10.2. The summed E-state index contributed by atoms with van der Waals surface area (Å²) in [5, 5.41) is 7.73. The van der Waals surface area contributed by atoms with Crippen LogP contribution in [0.4, 0.5) is 0 Å². The molecule has 0 aliphatic carbocycles. The number of esters is 2. The minimum absolute atomic E-state index is 0.0201. The van der Waals surface area contributed by atoms with Gasteiger partial charge in [0.05, 0.1) is 0 Å². The van der Waals surface area contributed by atoms with Gasteiger partial charge in [0.2, 0.25) is 5.90 Å². The van der Waals surface area contributed by atoms with Crippen LogP contribution in [0, 0.1) is 5.41 Å². The Bertz CT molecular complexity index is 1050. The van der Waals surface area contributed by atoms with Crippen molar-refractivity contribution in [2.24, 2.45) is 0 Å². The number of nitrogens with one attached hydrogen (secondary N) is 1. The number of ether oxygens (including phenoxy) is 4. The molecule has 2 aromatic carbocycles.